The van der Waals surface area contributed by atoms with Gasteiger partial charge in [0.1, 0.15) is 17.7 Å². The molecule has 1 aliphatic rings. The Morgan fingerprint density at radius 2 is 2.05 bits per heavy atom. The Morgan fingerprint density at radius 3 is 2.76 bits per heavy atom. The second-order valence-electron chi connectivity index (χ2n) is 10.3. The van der Waals surface area contributed by atoms with Crippen LogP contribution in [0.2, 0.25) is 0 Å². The molecule has 41 heavy (non-hydrogen) atoms. The van der Waals surface area contributed by atoms with Gasteiger partial charge in [-0.05, 0) is 58.5 Å². The van der Waals surface area contributed by atoms with Crippen molar-refractivity contribution in [2.45, 2.75) is 38.3 Å². The topological polar surface area (TPSA) is 112 Å². The van der Waals surface area contributed by atoms with Gasteiger partial charge >= 0.3 is 0 Å². The Kier molecular flexibility index (Phi) is 12.1. The molecule has 10 nitrogen and oxygen atoms in total. The van der Waals surface area contributed by atoms with E-state index in [4.69, 9.17) is 4.74 Å². The van der Waals surface area contributed by atoms with Crippen LogP contribution in [0.25, 0.3) is 0 Å². The second kappa shape index (κ2) is 15.7. The summed E-state index contributed by atoms with van der Waals surface area (Å²) >= 11 is 0. The summed E-state index contributed by atoms with van der Waals surface area (Å²) in [5, 5.41) is 9.33. The fraction of sp³-hybridized carbons (Fsp3) is 0.467. The third-order valence-corrected chi connectivity index (χ3v) is 6.62. The number of methoxy groups -OCH3 is 1. The molecule has 1 saturated carbocycles. The first kappa shape index (κ1) is 31.5. The second-order valence-corrected chi connectivity index (χ2v) is 10.3. The summed E-state index contributed by atoms with van der Waals surface area (Å²) in [6.45, 7) is 3.62. The standard InChI is InChI=1S/C30H40FN7O3/c1-21(38(4)27(39)11-7-15-37(2)3)29(40)34-26-17-22(18-26)12-13-23-20-33-30(35-25-10-6-9-24(31)19-25)36-28(23)32-14-8-16-41-5/h6-7,9-11,19-22,26H,8,14-18H2,1-5H3,(H,34,40)(H2,32,33,35,36)/b11-7+/t21-,22-,26-/m0/s1. The molecular formula is C30H40FN7O3. The highest BCUT2D eigenvalue weighted by molar-refractivity contribution is 5.92. The largest absolute Gasteiger partial charge is 0.385 e. The van der Waals surface area contributed by atoms with E-state index in [-0.39, 0.29) is 29.6 Å². The van der Waals surface area contributed by atoms with Crippen molar-refractivity contribution >= 4 is 29.3 Å². The zero-order valence-electron chi connectivity index (χ0n) is 24.4. The van der Waals surface area contributed by atoms with E-state index in [0.29, 0.717) is 42.7 Å². The number of amides is 2. The van der Waals surface area contributed by atoms with Crippen LogP contribution in [0.4, 0.5) is 21.8 Å². The molecule has 0 saturated heterocycles. The summed E-state index contributed by atoms with van der Waals surface area (Å²) in [5.74, 6) is 6.72. The molecule has 1 heterocycles. The summed E-state index contributed by atoms with van der Waals surface area (Å²) in [7, 11) is 7.12. The first-order valence-electron chi connectivity index (χ1n) is 13.7. The molecule has 0 spiro atoms. The number of anilines is 3. The van der Waals surface area contributed by atoms with Crippen LogP contribution in [0.3, 0.4) is 0 Å². The monoisotopic (exact) mass is 565 g/mol. The van der Waals surface area contributed by atoms with Crippen LogP contribution < -0.4 is 16.0 Å². The van der Waals surface area contributed by atoms with E-state index in [1.807, 2.05) is 19.0 Å². The molecule has 0 unspecified atom stereocenters. The molecular weight excluding hydrogens is 525 g/mol. The Labute approximate surface area is 241 Å². The van der Waals surface area contributed by atoms with E-state index in [1.54, 1.807) is 45.5 Å². The van der Waals surface area contributed by atoms with Crippen molar-refractivity contribution in [1.29, 1.82) is 0 Å². The van der Waals surface area contributed by atoms with E-state index in [0.717, 1.165) is 19.3 Å². The Bertz CT molecular complexity index is 1270. The predicted octanol–water partition coefficient (Wildman–Crippen LogP) is 3.02. The molecule has 220 valence electrons. The zero-order chi connectivity index (χ0) is 29.8. The molecule has 0 aliphatic heterocycles. The minimum atomic E-state index is -0.583. The van der Waals surface area contributed by atoms with Gasteiger partial charge in [-0.3, -0.25) is 9.59 Å². The van der Waals surface area contributed by atoms with Crippen molar-refractivity contribution in [2.75, 3.05) is 58.6 Å². The number of halogens is 1. The van der Waals surface area contributed by atoms with E-state index in [2.05, 4.69) is 37.8 Å². The summed E-state index contributed by atoms with van der Waals surface area (Å²) in [6.07, 6.45) is 7.15. The van der Waals surface area contributed by atoms with Crippen molar-refractivity contribution in [3.63, 3.8) is 0 Å². The molecule has 1 aliphatic carbocycles. The maximum Gasteiger partial charge on any atom is 0.246 e. The SMILES string of the molecule is COCCCNc1nc(Nc2cccc(F)c2)ncc1C#C[C@H]1C[C@H](NC(=O)[C@H](C)N(C)C(=O)/C=C/CN(C)C)C1. The van der Waals surface area contributed by atoms with Crippen LogP contribution >= 0.6 is 0 Å². The maximum atomic E-state index is 13.6. The molecule has 1 aromatic heterocycles. The van der Waals surface area contributed by atoms with Crippen molar-refractivity contribution < 1.29 is 18.7 Å². The van der Waals surface area contributed by atoms with Crippen LogP contribution in [0.15, 0.2) is 42.6 Å². The number of carbonyl (C=O) groups is 2. The molecule has 1 aromatic carbocycles. The lowest BCUT2D eigenvalue weighted by Gasteiger charge is -2.34. The smallest absolute Gasteiger partial charge is 0.246 e. The van der Waals surface area contributed by atoms with Gasteiger partial charge in [0.25, 0.3) is 0 Å². The molecule has 0 radical (unpaired) electrons. The van der Waals surface area contributed by atoms with Gasteiger partial charge < -0.3 is 30.5 Å². The number of benzene rings is 1. The molecule has 2 amide bonds. The number of carbonyl (C=O) groups excluding carboxylic acids is 2. The van der Waals surface area contributed by atoms with Gasteiger partial charge in [-0.1, -0.05) is 24.0 Å². The lowest BCUT2D eigenvalue weighted by Crippen LogP contribution is -2.51. The normalized spacial score (nSPS) is 16.9. The third kappa shape index (κ3) is 10.2. The van der Waals surface area contributed by atoms with Gasteiger partial charge in [0.2, 0.25) is 17.8 Å². The summed E-state index contributed by atoms with van der Waals surface area (Å²) < 4.78 is 18.7. The quantitative estimate of drug-likeness (QED) is 0.193. The molecule has 2 aromatic rings. The zero-order valence-corrected chi connectivity index (χ0v) is 24.4. The Morgan fingerprint density at radius 1 is 1.27 bits per heavy atom. The lowest BCUT2D eigenvalue weighted by molar-refractivity contribution is -0.135. The fourth-order valence-corrected chi connectivity index (χ4v) is 3.99. The molecule has 3 rings (SSSR count). The van der Waals surface area contributed by atoms with Crippen molar-refractivity contribution in [2.24, 2.45) is 5.92 Å². The number of rotatable bonds is 13. The van der Waals surface area contributed by atoms with Crippen LogP contribution in [0.1, 0.15) is 31.7 Å². The highest BCUT2D eigenvalue weighted by Gasteiger charge is 2.31. The minimum Gasteiger partial charge on any atom is -0.385 e. The Balaban J connectivity index is 1.56. The van der Waals surface area contributed by atoms with Gasteiger partial charge in [-0.25, -0.2) is 9.37 Å². The third-order valence-electron chi connectivity index (χ3n) is 6.62. The molecule has 3 N–H and O–H groups in total. The van der Waals surface area contributed by atoms with E-state index < -0.39 is 6.04 Å². The van der Waals surface area contributed by atoms with E-state index in [1.165, 1.54) is 23.1 Å². The first-order valence-corrected chi connectivity index (χ1v) is 13.7. The number of likely N-dealkylation sites (N-methyl/N-ethyl adjacent to an activating group) is 2. The van der Waals surface area contributed by atoms with Crippen molar-refractivity contribution in [3.05, 3.63) is 54.0 Å². The van der Waals surface area contributed by atoms with Crippen LogP contribution in [0.5, 0.6) is 0 Å². The minimum absolute atomic E-state index is 0.0118. The van der Waals surface area contributed by atoms with Gasteiger partial charge in [0, 0.05) is 57.6 Å². The molecule has 1 fully saturated rings. The number of nitrogens with one attached hydrogen (secondary N) is 3. The van der Waals surface area contributed by atoms with Gasteiger partial charge in [-0.2, -0.15) is 4.98 Å². The number of hydrogen-bond acceptors (Lipinski definition) is 8. The van der Waals surface area contributed by atoms with E-state index >= 15 is 0 Å². The lowest BCUT2D eigenvalue weighted by atomic mass is 9.80. The highest BCUT2D eigenvalue weighted by Crippen LogP contribution is 2.27. The number of hydrogen-bond donors (Lipinski definition) is 3. The fourth-order valence-electron chi connectivity index (χ4n) is 3.99. The molecule has 11 heteroatoms. The predicted molar refractivity (Wildman–Crippen MR) is 158 cm³/mol. The molecule has 0 bridgehead atoms. The van der Waals surface area contributed by atoms with Gasteiger partial charge in [-0.15, -0.1) is 0 Å². The van der Waals surface area contributed by atoms with E-state index in [9.17, 15) is 14.0 Å². The first-order chi connectivity index (χ1) is 19.7. The maximum absolute atomic E-state index is 13.6. The summed E-state index contributed by atoms with van der Waals surface area (Å²) in [4.78, 5) is 37.3. The Hall–Kier alpha value is -4.01. The highest BCUT2D eigenvalue weighted by atomic mass is 19.1. The molecule has 1 atom stereocenters. The van der Waals surface area contributed by atoms with Gasteiger partial charge in [0.05, 0.1) is 11.8 Å². The van der Waals surface area contributed by atoms with Crippen LogP contribution in [-0.4, -0.2) is 91.6 Å². The average Bonchev–Trinajstić information content (AvgIpc) is 2.91. The van der Waals surface area contributed by atoms with Crippen LogP contribution in [-0.2, 0) is 14.3 Å². The van der Waals surface area contributed by atoms with Crippen LogP contribution in [0, 0.1) is 23.6 Å². The van der Waals surface area contributed by atoms with Crippen molar-refractivity contribution in [1.82, 2.24) is 25.1 Å². The summed E-state index contributed by atoms with van der Waals surface area (Å²) in [5.41, 5.74) is 1.19. The summed E-state index contributed by atoms with van der Waals surface area (Å²) in [6, 6.07) is 5.51. The average molecular weight is 566 g/mol. The van der Waals surface area contributed by atoms with Crippen molar-refractivity contribution in [3.8, 4) is 11.8 Å². The van der Waals surface area contributed by atoms with Gasteiger partial charge in [0.15, 0.2) is 0 Å². The number of aromatic nitrogens is 2. The number of nitrogens with zero attached hydrogens (tertiary/aromatic N) is 4. The number of ether oxygens (including phenoxy) is 1.